The van der Waals surface area contributed by atoms with E-state index in [-0.39, 0.29) is 0 Å². The summed E-state index contributed by atoms with van der Waals surface area (Å²) in [6.07, 6.45) is 0. The number of ether oxygens (including phenoxy) is 2. The normalized spacial score (nSPS) is 11.4. The van der Waals surface area contributed by atoms with Gasteiger partial charge < -0.3 is 14.8 Å². The molecule has 0 fully saturated rings. The summed E-state index contributed by atoms with van der Waals surface area (Å²) in [6.45, 7) is -0.0168. The number of nitriles is 1. The van der Waals surface area contributed by atoms with Gasteiger partial charge in [0.25, 0.3) is 5.91 Å². The molecule has 1 aliphatic heterocycles. The zero-order chi connectivity index (χ0) is 19.5. The zero-order valence-electron chi connectivity index (χ0n) is 14.6. The lowest BCUT2D eigenvalue weighted by atomic mass is 10.1. The van der Waals surface area contributed by atoms with Crippen LogP contribution in [0.2, 0.25) is 0 Å². The van der Waals surface area contributed by atoms with Crippen molar-refractivity contribution < 1.29 is 19.1 Å². The van der Waals surface area contributed by atoms with E-state index in [0.717, 1.165) is 21.8 Å². The molecule has 0 radical (unpaired) electrons. The number of thiophene rings is 1. The number of carbonyl (C=O) groups excluding carboxylic acids is 2. The average Bonchev–Trinajstić information content (AvgIpc) is 3.17. The van der Waals surface area contributed by atoms with Crippen molar-refractivity contribution in [1.82, 2.24) is 0 Å². The maximum Gasteiger partial charge on any atom is 0.348 e. The highest BCUT2D eigenvalue weighted by atomic mass is 32.1. The Morgan fingerprint density at radius 3 is 2.89 bits per heavy atom. The Morgan fingerprint density at radius 2 is 2.04 bits per heavy atom. The van der Waals surface area contributed by atoms with Crippen LogP contribution in [0.25, 0.3) is 10.4 Å². The summed E-state index contributed by atoms with van der Waals surface area (Å²) in [6, 6.07) is 17.9. The minimum atomic E-state index is -0.558. The number of anilines is 1. The van der Waals surface area contributed by atoms with Crippen molar-refractivity contribution in [2.45, 2.75) is 6.61 Å². The molecule has 138 valence electrons. The molecule has 2 aromatic carbocycles. The van der Waals surface area contributed by atoms with Gasteiger partial charge in [-0.15, -0.1) is 11.3 Å². The molecule has 1 N–H and O–H groups in total. The highest BCUT2D eigenvalue weighted by molar-refractivity contribution is 7.17. The van der Waals surface area contributed by atoms with Crippen LogP contribution in [-0.4, -0.2) is 18.5 Å². The van der Waals surface area contributed by atoms with Gasteiger partial charge in [-0.25, -0.2) is 4.79 Å². The Bertz CT molecular complexity index is 1110. The smallest absolute Gasteiger partial charge is 0.348 e. The lowest BCUT2D eigenvalue weighted by molar-refractivity contribution is -0.119. The molecule has 7 heteroatoms. The van der Waals surface area contributed by atoms with Gasteiger partial charge in [-0.05, 0) is 36.4 Å². The fourth-order valence-corrected chi connectivity index (χ4v) is 3.96. The van der Waals surface area contributed by atoms with E-state index in [4.69, 9.17) is 14.7 Å². The molecule has 1 amide bonds. The Labute approximate surface area is 164 Å². The summed E-state index contributed by atoms with van der Waals surface area (Å²) in [5.74, 6) is -0.244. The SMILES string of the molecule is N#Cc1cccc(NC(=O)COC(=O)c2cc3c(s2)-c2ccccc2OC3)c1. The number of hydrogen-bond donors (Lipinski definition) is 1. The summed E-state index contributed by atoms with van der Waals surface area (Å²) in [5.41, 5.74) is 2.78. The van der Waals surface area contributed by atoms with Crippen molar-refractivity contribution in [3.63, 3.8) is 0 Å². The quantitative estimate of drug-likeness (QED) is 0.681. The van der Waals surface area contributed by atoms with Crippen LogP contribution in [0.5, 0.6) is 5.75 Å². The van der Waals surface area contributed by atoms with E-state index in [1.807, 2.05) is 30.3 Å². The van der Waals surface area contributed by atoms with Gasteiger partial charge in [-0.2, -0.15) is 5.26 Å². The van der Waals surface area contributed by atoms with E-state index in [9.17, 15) is 9.59 Å². The topological polar surface area (TPSA) is 88.4 Å². The molecule has 3 aromatic rings. The summed E-state index contributed by atoms with van der Waals surface area (Å²) in [7, 11) is 0. The summed E-state index contributed by atoms with van der Waals surface area (Å²) >= 11 is 1.32. The third-order valence-electron chi connectivity index (χ3n) is 4.13. The fourth-order valence-electron chi connectivity index (χ4n) is 2.87. The number of nitrogens with zero attached hydrogens (tertiary/aromatic N) is 1. The Hall–Kier alpha value is -3.63. The van der Waals surface area contributed by atoms with E-state index >= 15 is 0 Å². The first-order chi connectivity index (χ1) is 13.6. The minimum absolute atomic E-state index is 0.395. The van der Waals surface area contributed by atoms with Crippen molar-refractivity contribution in [2.75, 3.05) is 11.9 Å². The highest BCUT2D eigenvalue weighted by Crippen LogP contribution is 2.42. The van der Waals surface area contributed by atoms with Crippen LogP contribution >= 0.6 is 11.3 Å². The third kappa shape index (κ3) is 3.59. The monoisotopic (exact) mass is 390 g/mol. The predicted molar refractivity (Wildman–Crippen MR) is 104 cm³/mol. The number of nitrogens with one attached hydrogen (secondary N) is 1. The van der Waals surface area contributed by atoms with Crippen LogP contribution in [0.4, 0.5) is 5.69 Å². The molecular formula is C21H14N2O4S. The van der Waals surface area contributed by atoms with Crippen molar-refractivity contribution in [2.24, 2.45) is 0 Å². The molecule has 0 saturated heterocycles. The van der Waals surface area contributed by atoms with E-state index in [0.29, 0.717) is 22.7 Å². The summed E-state index contributed by atoms with van der Waals surface area (Å²) in [5, 5.41) is 11.5. The maximum atomic E-state index is 12.4. The van der Waals surface area contributed by atoms with Crippen LogP contribution in [0.15, 0.2) is 54.6 Å². The van der Waals surface area contributed by atoms with Gasteiger partial charge in [-0.1, -0.05) is 18.2 Å². The van der Waals surface area contributed by atoms with Gasteiger partial charge in [-0.3, -0.25) is 4.79 Å². The first-order valence-corrected chi connectivity index (χ1v) is 9.28. The third-order valence-corrected chi connectivity index (χ3v) is 5.33. The first kappa shape index (κ1) is 17.8. The molecule has 28 heavy (non-hydrogen) atoms. The molecule has 0 saturated carbocycles. The van der Waals surface area contributed by atoms with Crippen LogP contribution in [-0.2, 0) is 16.1 Å². The second-order valence-corrected chi connectivity index (χ2v) is 7.12. The molecule has 6 nitrogen and oxygen atoms in total. The minimum Gasteiger partial charge on any atom is -0.488 e. The lowest BCUT2D eigenvalue weighted by Gasteiger charge is -2.16. The van der Waals surface area contributed by atoms with Crippen molar-refractivity contribution >= 4 is 28.9 Å². The first-order valence-electron chi connectivity index (χ1n) is 8.46. The van der Waals surface area contributed by atoms with E-state index in [1.165, 1.54) is 11.3 Å². The highest BCUT2D eigenvalue weighted by Gasteiger charge is 2.23. The van der Waals surface area contributed by atoms with Crippen molar-refractivity contribution in [3.05, 3.63) is 70.6 Å². The van der Waals surface area contributed by atoms with Gasteiger partial charge in [0.1, 0.15) is 17.2 Å². The van der Waals surface area contributed by atoms with Crippen LogP contribution in [0.1, 0.15) is 20.8 Å². The van der Waals surface area contributed by atoms with Crippen LogP contribution < -0.4 is 10.1 Å². The van der Waals surface area contributed by atoms with Crippen LogP contribution in [0, 0.1) is 11.3 Å². The maximum absolute atomic E-state index is 12.4. The Balaban J connectivity index is 1.40. The number of esters is 1. The Kier molecular flexibility index (Phi) is 4.79. The molecule has 0 bridgehead atoms. The second kappa shape index (κ2) is 7.55. The van der Waals surface area contributed by atoms with E-state index < -0.39 is 18.5 Å². The van der Waals surface area contributed by atoms with Gasteiger partial charge in [0.2, 0.25) is 0 Å². The predicted octanol–water partition coefficient (Wildman–Crippen LogP) is 3.97. The van der Waals surface area contributed by atoms with E-state index in [1.54, 1.807) is 30.3 Å². The van der Waals surface area contributed by atoms with Gasteiger partial charge in [0, 0.05) is 21.7 Å². The molecule has 1 aromatic heterocycles. The zero-order valence-corrected chi connectivity index (χ0v) is 15.4. The number of rotatable bonds is 4. The van der Waals surface area contributed by atoms with Gasteiger partial charge in [0.05, 0.1) is 11.6 Å². The molecule has 0 spiro atoms. The molecule has 1 aliphatic rings. The average molecular weight is 390 g/mol. The number of amides is 1. The summed E-state index contributed by atoms with van der Waals surface area (Å²) in [4.78, 5) is 25.8. The van der Waals surface area contributed by atoms with E-state index in [2.05, 4.69) is 5.32 Å². The fraction of sp³-hybridized carbons (Fsp3) is 0.0952. The largest absolute Gasteiger partial charge is 0.488 e. The molecule has 4 rings (SSSR count). The lowest BCUT2D eigenvalue weighted by Crippen LogP contribution is -2.20. The molecule has 0 atom stereocenters. The van der Waals surface area contributed by atoms with Crippen LogP contribution in [0.3, 0.4) is 0 Å². The number of carbonyl (C=O) groups is 2. The van der Waals surface area contributed by atoms with Gasteiger partial charge in [0.15, 0.2) is 6.61 Å². The standard InChI is InChI=1S/C21H14N2O4S/c22-10-13-4-3-5-15(8-13)23-19(24)12-27-21(25)18-9-14-11-26-17-7-2-1-6-16(17)20(14)28-18/h1-9H,11-12H2,(H,23,24). The molecule has 2 heterocycles. The number of fused-ring (bicyclic) bond motifs is 3. The Morgan fingerprint density at radius 1 is 1.18 bits per heavy atom. The number of hydrogen-bond acceptors (Lipinski definition) is 6. The molecule has 0 aliphatic carbocycles. The summed E-state index contributed by atoms with van der Waals surface area (Å²) < 4.78 is 10.8. The van der Waals surface area contributed by atoms with Gasteiger partial charge >= 0.3 is 5.97 Å². The van der Waals surface area contributed by atoms with Crippen molar-refractivity contribution in [1.29, 1.82) is 5.26 Å². The molecule has 0 unspecified atom stereocenters. The number of para-hydroxylation sites is 1. The van der Waals surface area contributed by atoms with Crippen molar-refractivity contribution in [3.8, 4) is 22.3 Å². The second-order valence-electron chi connectivity index (χ2n) is 6.07. The number of benzene rings is 2. The molecular weight excluding hydrogens is 376 g/mol.